The van der Waals surface area contributed by atoms with E-state index >= 15 is 0 Å². The molecule has 0 spiro atoms. The lowest BCUT2D eigenvalue weighted by Gasteiger charge is -2.20. The van der Waals surface area contributed by atoms with Crippen LogP contribution < -0.4 is 10.1 Å². The van der Waals surface area contributed by atoms with Gasteiger partial charge in [0.05, 0.1) is 5.69 Å². The topological polar surface area (TPSA) is 54.5 Å². The summed E-state index contributed by atoms with van der Waals surface area (Å²) in [5.74, 6) is 1.24. The number of carbonyl (C=O) groups is 1. The van der Waals surface area contributed by atoms with Crippen LogP contribution in [0.2, 0.25) is 0 Å². The number of aromatic nitrogens is 1. The zero-order valence-electron chi connectivity index (χ0n) is 17.4. The SMILES string of the molecule is Cc1cc(CNCCN2CCCCCC2=O)cc(C)c1OCc1ccccn1.Cl. The molecule has 5 nitrogen and oxygen atoms in total. The second-order valence-electron chi connectivity index (χ2n) is 7.54. The van der Waals surface area contributed by atoms with Crippen molar-refractivity contribution in [3.8, 4) is 5.75 Å². The Morgan fingerprint density at radius 1 is 1.14 bits per heavy atom. The number of pyridine rings is 1. The van der Waals surface area contributed by atoms with Crippen LogP contribution in [0.1, 0.15) is 48.1 Å². The largest absolute Gasteiger partial charge is 0.487 e. The maximum atomic E-state index is 12.0. The van der Waals surface area contributed by atoms with E-state index in [2.05, 4.69) is 36.3 Å². The molecule has 2 aromatic rings. The average molecular weight is 418 g/mol. The molecule has 0 unspecified atom stereocenters. The van der Waals surface area contributed by atoms with Crippen LogP contribution >= 0.6 is 12.4 Å². The summed E-state index contributed by atoms with van der Waals surface area (Å²) in [6.07, 6.45) is 5.83. The van der Waals surface area contributed by atoms with Crippen molar-refractivity contribution in [1.29, 1.82) is 0 Å². The van der Waals surface area contributed by atoms with Gasteiger partial charge >= 0.3 is 0 Å². The first kappa shape index (κ1) is 23.2. The minimum Gasteiger partial charge on any atom is -0.487 e. The maximum absolute atomic E-state index is 12.0. The second-order valence-corrected chi connectivity index (χ2v) is 7.54. The number of amides is 1. The fourth-order valence-electron chi connectivity index (χ4n) is 3.72. The van der Waals surface area contributed by atoms with Crippen LogP contribution in [0.5, 0.6) is 5.75 Å². The fraction of sp³-hybridized carbons (Fsp3) is 0.478. The minimum absolute atomic E-state index is 0. The highest BCUT2D eigenvalue weighted by Gasteiger charge is 2.15. The molecule has 1 aromatic carbocycles. The first-order valence-corrected chi connectivity index (χ1v) is 10.2. The number of nitrogens with one attached hydrogen (secondary N) is 1. The summed E-state index contributed by atoms with van der Waals surface area (Å²) in [5.41, 5.74) is 4.43. The smallest absolute Gasteiger partial charge is 0.222 e. The van der Waals surface area contributed by atoms with E-state index < -0.39 is 0 Å². The summed E-state index contributed by atoms with van der Waals surface area (Å²) in [6.45, 7) is 7.96. The molecule has 1 aliphatic heterocycles. The van der Waals surface area contributed by atoms with Crippen molar-refractivity contribution in [3.63, 3.8) is 0 Å². The molecular formula is C23H32ClN3O2. The van der Waals surface area contributed by atoms with Crippen LogP contribution in [0, 0.1) is 13.8 Å². The predicted octanol–water partition coefficient (Wildman–Crippen LogP) is 4.19. The summed E-state index contributed by atoms with van der Waals surface area (Å²) in [6, 6.07) is 10.2. The zero-order chi connectivity index (χ0) is 19.8. The number of hydrogen-bond acceptors (Lipinski definition) is 4. The lowest BCUT2D eigenvalue weighted by atomic mass is 10.1. The number of likely N-dealkylation sites (tertiary alicyclic amines) is 1. The zero-order valence-corrected chi connectivity index (χ0v) is 18.3. The lowest BCUT2D eigenvalue weighted by molar-refractivity contribution is -0.130. The van der Waals surface area contributed by atoms with Crippen molar-refractivity contribution in [3.05, 3.63) is 58.9 Å². The van der Waals surface area contributed by atoms with Gasteiger partial charge in [-0.05, 0) is 55.5 Å². The van der Waals surface area contributed by atoms with E-state index in [0.717, 1.165) is 61.6 Å². The van der Waals surface area contributed by atoms with Crippen LogP contribution in [-0.4, -0.2) is 35.4 Å². The van der Waals surface area contributed by atoms with E-state index in [1.54, 1.807) is 6.20 Å². The van der Waals surface area contributed by atoms with Gasteiger partial charge in [-0.1, -0.05) is 24.6 Å². The molecule has 1 saturated heterocycles. The Morgan fingerprint density at radius 2 is 1.93 bits per heavy atom. The third-order valence-corrected chi connectivity index (χ3v) is 5.17. The molecule has 0 aliphatic carbocycles. The van der Waals surface area contributed by atoms with Crippen molar-refractivity contribution >= 4 is 18.3 Å². The fourth-order valence-corrected chi connectivity index (χ4v) is 3.72. The highest BCUT2D eigenvalue weighted by Crippen LogP contribution is 2.25. The molecule has 29 heavy (non-hydrogen) atoms. The Balaban J connectivity index is 0.00000300. The van der Waals surface area contributed by atoms with Crippen LogP contribution in [0.15, 0.2) is 36.5 Å². The molecule has 1 amide bonds. The molecule has 6 heteroatoms. The van der Waals surface area contributed by atoms with Crippen LogP contribution in [0.4, 0.5) is 0 Å². The van der Waals surface area contributed by atoms with Crippen molar-refractivity contribution in [2.24, 2.45) is 0 Å². The van der Waals surface area contributed by atoms with Crippen molar-refractivity contribution in [1.82, 2.24) is 15.2 Å². The van der Waals surface area contributed by atoms with Gasteiger partial charge in [0.25, 0.3) is 0 Å². The number of halogens is 1. The molecule has 1 fully saturated rings. The number of aryl methyl sites for hydroxylation is 2. The summed E-state index contributed by atoms with van der Waals surface area (Å²) in [7, 11) is 0. The number of carbonyl (C=O) groups excluding carboxylic acids is 1. The van der Waals surface area contributed by atoms with Crippen LogP contribution in [0.3, 0.4) is 0 Å². The van der Waals surface area contributed by atoms with Crippen molar-refractivity contribution < 1.29 is 9.53 Å². The average Bonchev–Trinajstić information content (AvgIpc) is 2.89. The molecule has 158 valence electrons. The molecule has 0 bridgehead atoms. The number of benzene rings is 1. The normalized spacial score (nSPS) is 14.3. The number of rotatable bonds is 8. The molecular weight excluding hydrogens is 386 g/mol. The number of nitrogens with zero attached hydrogens (tertiary/aromatic N) is 2. The van der Waals surface area contributed by atoms with Gasteiger partial charge in [0.1, 0.15) is 12.4 Å². The molecule has 1 N–H and O–H groups in total. The Labute approximate surface area is 180 Å². The molecule has 3 rings (SSSR count). The van der Waals surface area contributed by atoms with Gasteiger partial charge in [0.2, 0.25) is 5.91 Å². The minimum atomic E-state index is 0. The Morgan fingerprint density at radius 3 is 2.66 bits per heavy atom. The third-order valence-electron chi connectivity index (χ3n) is 5.17. The Bertz CT molecular complexity index is 760. The maximum Gasteiger partial charge on any atom is 0.222 e. The van der Waals surface area contributed by atoms with E-state index in [9.17, 15) is 4.79 Å². The van der Waals surface area contributed by atoms with Crippen LogP contribution in [-0.2, 0) is 17.9 Å². The molecule has 2 heterocycles. The molecule has 1 aromatic heterocycles. The highest BCUT2D eigenvalue weighted by atomic mass is 35.5. The van der Waals surface area contributed by atoms with E-state index in [1.807, 2.05) is 23.1 Å². The summed E-state index contributed by atoms with van der Waals surface area (Å²) in [5, 5.41) is 3.48. The Hall–Kier alpha value is -2.11. The van der Waals surface area contributed by atoms with Gasteiger partial charge in [-0.15, -0.1) is 12.4 Å². The first-order valence-electron chi connectivity index (χ1n) is 10.2. The Kier molecular flexibility index (Phi) is 9.42. The molecule has 1 aliphatic rings. The summed E-state index contributed by atoms with van der Waals surface area (Å²) < 4.78 is 6.01. The summed E-state index contributed by atoms with van der Waals surface area (Å²) >= 11 is 0. The quantitative estimate of drug-likeness (QED) is 0.654. The highest BCUT2D eigenvalue weighted by molar-refractivity contribution is 5.85. The molecule has 0 atom stereocenters. The van der Waals surface area contributed by atoms with Gasteiger partial charge in [-0.25, -0.2) is 0 Å². The van der Waals surface area contributed by atoms with E-state index in [-0.39, 0.29) is 12.4 Å². The second kappa shape index (κ2) is 11.8. The molecule has 0 radical (unpaired) electrons. The monoisotopic (exact) mass is 417 g/mol. The molecule has 0 saturated carbocycles. The van der Waals surface area contributed by atoms with E-state index in [4.69, 9.17) is 4.74 Å². The van der Waals surface area contributed by atoms with Crippen molar-refractivity contribution in [2.45, 2.75) is 52.7 Å². The number of ether oxygens (including phenoxy) is 1. The standard InChI is InChI=1S/C23H31N3O2.ClH/c1-18-14-20(16-24-11-13-26-12-7-3-4-9-22(26)27)15-19(2)23(18)28-17-21-8-5-6-10-25-21;/h5-6,8,10,14-15,24H,3-4,7,9,11-13,16-17H2,1-2H3;1H. The predicted molar refractivity (Wildman–Crippen MR) is 118 cm³/mol. The van der Waals surface area contributed by atoms with Gasteiger partial charge in [0, 0.05) is 38.8 Å². The van der Waals surface area contributed by atoms with Gasteiger partial charge in [-0.2, -0.15) is 0 Å². The van der Waals surface area contributed by atoms with Gasteiger partial charge in [0.15, 0.2) is 0 Å². The summed E-state index contributed by atoms with van der Waals surface area (Å²) in [4.78, 5) is 18.4. The van der Waals surface area contributed by atoms with Crippen molar-refractivity contribution in [2.75, 3.05) is 19.6 Å². The van der Waals surface area contributed by atoms with E-state index in [0.29, 0.717) is 18.9 Å². The number of hydrogen-bond donors (Lipinski definition) is 1. The van der Waals surface area contributed by atoms with Gasteiger partial charge < -0.3 is 15.0 Å². The van der Waals surface area contributed by atoms with E-state index in [1.165, 1.54) is 12.0 Å². The van der Waals surface area contributed by atoms with Gasteiger partial charge in [-0.3, -0.25) is 9.78 Å². The lowest BCUT2D eigenvalue weighted by Crippen LogP contribution is -2.36. The van der Waals surface area contributed by atoms with Crippen LogP contribution in [0.25, 0.3) is 0 Å². The third kappa shape index (κ3) is 7.02. The first-order chi connectivity index (χ1) is 13.6.